The number of amides is 1. The van der Waals surface area contributed by atoms with Crippen LogP contribution in [0.5, 0.6) is 0 Å². The van der Waals surface area contributed by atoms with Crippen molar-refractivity contribution in [3.05, 3.63) is 80.0 Å². The molecular formula is C19H15ClN4O5S. The summed E-state index contributed by atoms with van der Waals surface area (Å²) in [5.74, 6) is -0.906. The van der Waals surface area contributed by atoms with Gasteiger partial charge in [0.1, 0.15) is 5.82 Å². The molecule has 1 aliphatic heterocycles. The third kappa shape index (κ3) is 3.66. The van der Waals surface area contributed by atoms with E-state index in [2.05, 4.69) is 10.4 Å². The summed E-state index contributed by atoms with van der Waals surface area (Å²) >= 11 is 6.06. The molecule has 0 radical (unpaired) electrons. The minimum Gasteiger partial charge on any atom is -0.306 e. The van der Waals surface area contributed by atoms with E-state index < -0.39 is 20.7 Å². The lowest BCUT2D eigenvalue weighted by atomic mass is 10.1. The Morgan fingerprint density at radius 1 is 1.23 bits per heavy atom. The average molecular weight is 447 g/mol. The fraction of sp³-hybridized carbons (Fsp3) is 0.158. The second-order valence-corrected chi connectivity index (χ2v) is 9.41. The molecule has 154 valence electrons. The molecule has 0 fully saturated rings. The maximum atomic E-state index is 12.9. The van der Waals surface area contributed by atoms with Crippen LogP contribution in [0.15, 0.2) is 42.5 Å². The summed E-state index contributed by atoms with van der Waals surface area (Å²) < 4.78 is 25.5. The molecule has 0 saturated carbocycles. The van der Waals surface area contributed by atoms with E-state index in [-0.39, 0.29) is 28.6 Å². The summed E-state index contributed by atoms with van der Waals surface area (Å²) in [5, 5.41) is 18.7. The van der Waals surface area contributed by atoms with Crippen molar-refractivity contribution in [2.75, 3.05) is 5.32 Å². The van der Waals surface area contributed by atoms with Crippen LogP contribution in [0.2, 0.25) is 5.02 Å². The van der Waals surface area contributed by atoms with E-state index >= 15 is 0 Å². The fourth-order valence-electron chi connectivity index (χ4n) is 3.29. The SMILES string of the molecule is Cc1ccc(C(=O)Nc2c3c(nn2-c2cccc(Cl)c2)CS(=O)(=O)C3)cc1[N+](=O)[O-]. The molecule has 11 heteroatoms. The largest absolute Gasteiger partial charge is 0.306 e. The molecule has 1 amide bonds. The van der Waals surface area contributed by atoms with Crippen molar-refractivity contribution in [2.24, 2.45) is 0 Å². The van der Waals surface area contributed by atoms with Gasteiger partial charge in [0.05, 0.1) is 27.8 Å². The highest BCUT2D eigenvalue weighted by molar-refractivity contribution is 7.90. The summed E-state index contributed by atoms with van der Waals surface area (Å²) in [7, 11) is -3.36. The Kier molecular flexibility index (Phi) is 4.83. The monoisotopic (exact) mass is 446 g/mol. The molecule has 0 unspecified atom stereocenters. The lowest BCUT2D eigenvalue weighted by molar-refractivity contribution is -0.385. The average Bonchev–Trinajstić information content (AvgIpc) is 3.14. The predicted molar refractivity (Wildman–Crippen MR) is 111 cm³/mol. The van der Waals surface area contributed by atoms with Gasteiger partial charge in [0, 0.05) is 27.8 Å². The number of nitrogens with one attached hydrogen (secondary N) is 1. The molecule has 1 N–H and O–H groups in total. The number of halogens is 1. The molecule has 3 aromatic rings. The van der Waals surface area contributed by atoms with Gasteiger partial charge in [-0.1, -0.05) is 23.7 Å². The third-order valence-corrected chi connectivity index (χ3v) is 6.42. The van der Waals surface area contributed by atoms with E-state index in [1.807, 2.05) is 0 Å². The first-order chi connectivity index (χ1) is 14.1. The van der Waals surface area contributed by atoms with Crippen molar-refractivity contribution in [3.63, 3.8) is 0 Å². The standard InChI is InChI=1S/C19H15ClN4O5S/c1-11-5-6-12(7-17(11)24(26)27)19(25)21-18-15-9-30(28,29)10-16(15)22-23(18)14-4-2-3-13(20)8-14/h2-8H,9-10H2,1H3,(H,21,25). The van der Waals surface area contributed by atoms with Crippen molar-refractivity contribution in [1.82, 2.24) is 9.78 Å². The fourth-order valence-corrected chi connectivity index (χ4v) is 4.97. The molecule has 2 aromatic carbocycles. The van der Waals surface area contributed by atoms with Crippen LogP contribution >= 0.6 is 11.6 Å². The zero-order valence-electron chi connectivity index (χ0n) is 15.6. The number of nitrogens with zero attached hydrogens (tertiary/aromatic N) is 3. The van der Waals surface area contributed by atoms with E-state index in [0.29, 0.717) is 27.5 Å². The first-order valence-electron chi connectivity index (χ1n) is 8.78. The Morgan fingerprint density at radius 3 is 2.70 bits per heavy atom. The van der Waals surface area contributed by atoms with Gasteiger partial charge in [-0.25, -0.2) is 13.1 Å². The molecule has 1 aromatic heterocycles. The number of rotatable bonds is 4. The van der Waals surface area contributed by atoms with E-state index in [9.17, 15) is 23.3 Å². The molecule has 0 spiro atoms. The number of nitro groups is 1. The minimum atomic E-state index is -3.36. The highest BCUT2D eigenvalue weighted by Gasteiger charge is 2.33. The molecule has 1 aliphatic rings. The van der Waals surface area contributed by atoms with Crippen LogP contribution in [-0.4, -0.2) is 29.0 Å². The number of fused-ring (bicyclic) bond motifs is 1. The highest BCUT2D eigenvalue weighted by Crippen LogP contribution is 2.33. The number of hydrogen-bond acceptors (Lipinski definition) is 6. The first-order valence-corrected chi connectivity index (χ1v) is 11.0. The molecule has 30 heavy (non-hydrogen) atoms. The lowest BCUT2D eigenvalue weighted by Gasteiger charge is -2.11. The molecule has 0 saturated heterocycles. The topological polar surface area (TPSA) is 124 Å². The van der Waals surface area contributed by atoms with Crippen LogP contribution < -0.4 is 5.32 Å². The van der Waals surface area contributed by atoms with Gasteiger partial charge in [-0.05, 0) is 31.2 Å². The van der Waals surface area contributed by atoms with Gasteiger partial charge in [0.25, 0.3) is 11.6 Å². The second-order valence-electron chi connectivity index (χ2n) is 6.91. The van der Waals surface area contributed by atoms with Crippen molar-refractivity contribution in [2.45, 2.75) is 18.4 Å². The van der Waals surface area contributed by atoms with Crippen LogP contribution in [0.3, 0.4) is 0 Å². The summed E-state index contributed by atoms with van der Waals surface area (Å²) in [6, 6.07) is 10.9. The number of aromatic nitrogens is 2. The number of carbonyl (C=O) groups excluding carboxylic acids is 1. The Labute approximate surface area is 176 Å². The minimum absolute atomic E-state index is 0.0701. The number of anilines is 1. The Morgan fingerprint density at radius 2 is 2.00 bits per heavy atom. The predicted octanol–water partition coefficient (Wildman–Crippen LogP) is 3.42. The summed E-state index contributed by atoms with van der Waals surface area (Å²) in [6.07, 6.45) is 0. The third-order valence-electron chi connectivity index (χ3n) is 4.74. The molecule has 4 rings (SSSR count). The van der Waals surface area contributed by atoms with Crippen LogP contribution in [0, 0.1) is 17.0 Å². The summed E-state index contributed by atoms with van der Waals surface area (Å²) in [5.41, 5.74) is 1.59. The van der Waals surface area contributed by atoms with Crippen LogP contribution in [-0.2, 0) is 21.3 Å². The number of hydrogen-bond donors (Lipinski definition) is 1. The molecular weight excluding hydrogens is 432 g/mol. The zero-order chi connectivity index (χ0) is 21.6. The van der Waals surface area contributed by atoms with Gasteiger partial charge in [-0.3, -0.25) is 14.9 Å². The number of carbonyl (C=O) groups is 1. The Bertz CT molecular complexity index is 1320. The van der Waals surface area contributed by atoms with Crippen LogP contribution in [0.25, 0.3) is 5.69 Å². The Hall–Kier alpha value is -3.24. The van der Waals surface area contributed by atoms with E-state index in [1.165, 1.54) is 22.9 Å². The normalized spacial score (nSPS) is 14.3. The van der Waals surface area contributed by atoms with Gasteiger partial charge < -0.3 is 5.32 Å². The molecule has 0 aliphatic carbocycles. The Balaban J connectivity index is 1.78. The van der Waals surface area contributed by atoms with Crippen molar-refractivity contribution >= 4 is 38.9 Å². The van der Waals surface area contributed by atoms with E-state index in [4.69, 9.17) is 11.6 Å². The molecule has 9 nitrogen and oxygen atoms in total. The number of sulfone groups is 1. The zero-order valence-corrected chi connectivity index (χ0v) is 17.2. The highest BCUT2D eigenvalue weighted by atomic mass is 35.5. The molecule has 0 bridgehead atoms. The summed E-state index contributed by atoms with van der Waals surface area (Å²) in [4.78, 5) is 23.5. The first kappa shape index (κ1) is 20.0. The number of benzene rings is 2. The lowest BCUT2D eigenvalue weighted by Crippen LogP contribution is -2.17. The number of aryl methyl sites for hydroxylation is 1. The van der Waals surface area contributed by atoms with Gasteiger partial charge in [-0.2, -0.15) is 5.10 Å². The van der Waals surface area contributed by atoms with Crippen molar-refractivity contribution in [1.29, 1.82) is 0 Å². The number of nitro benzene ring substituents is 1. The maximum absolute atomic E-state index is 12.9. The smallest absolute Gasteiger partial charge is 0.273 e. The van der Waals surface area contributed by atoms with Crippen LogP contribution in [0.4, 0.5) is 11.5 Å². The van der Waals surface area contributed by atoms with Crippen molar-refractivity contribution in [3.8, 4) is 5.69 Å². The second kappa shape index (κ2) is 7.22. The van der Waals surface area contributed by atoms with Crippen molar-refractivity contribution < 1.29 is 18.1 Å². The van der Waals surface area contributed by atoms with E-state index in [1.54, 1.807) is 31.2 Å². The molecule has 0 atom stereocenters. The maximum Gasteiger partial charge on any atom is 0.273 e. The summed E-state index contributed by atoms with van der Waals surface area (Å²) in [6.45, 7) is 1.58. The van der Waals surface area contributed by atoms with Gasteiger partial charge in [0.2, 0.25) is 0 Å². The van der Waals surface area contributed by atoms with Gasteiger partial charge >= 0.3 is 0 Å². The molecule has 2 heterocycles. The van der Waals surface area contributed by atoms with Crippen LogP contribution in [0.1, 0.15) is 27.2 Å². The van der Waals surface area contributed by atoms with E-state index in [0.717, 1.165) is 0 Å². The van der Waals surface area contributed by atoms with Gasteiger partial charge in [0.15, 0.2) is 9.84 Å². The van der Waals surface area contributed by atoms with Gasteiger partial charge in [-0.15, -0.1) is 0 Å². The quantitative estimate of drug-likeness (QED) is 0.483.